The van der Waals surface area contributed by atoms with E-state index in [1.54, 1.807) is 18.3 Å². The number of aromatic carboxylic acids is 1. The van der Waals surface area contributed by atoms with Crippen molar-refractivity contribution in [2.45, 2.75) is 25.9 Å². The van der Waals surface area contributed by atoms with Gasteiger partial charge < -0.3 is 15.0 Å². The zero-order chi connectivity index (χ0) is 14.2. The highest BCUT2D eigenvalue weighted by Crippen LogP contribution is 2.04. The number of rotatable bonds is 8. The molecule has 0 saturated carbocycles. The number of aryl methyl sites for hydroxylation is 1. The van der Waals surface area contributed by atoms with Crippen LogP contribution < -0.4 is 5.32 Å². The predicted molar refractivity (Wildman–Crippen MR) is 76.6 cm³/mol. The van der Waals surface area contributed by atoms with Crippen LogP contribution in [0.1, 0.15) is 28.8 Å². The summed E-state index contributed by atoms with van der Waals surface area (Å²) in [5.74, 6) is -0.885. The van der Waals surface area contributed by atoms with Crippen LogP contribution in [0.4, 0.5) is 0 Å². The maximum Gasteiger partial charge on any atom is 0.335 e. The minimum Gasteiger partial charge on any atom is -0.478 e. The zero-order valence-corrected chi connectivity index (χ0v) is 11.3. The minimum atomic E-state index is -0.885. The van der Waals surface area contributed by atoms with Crippen LogP contribution >= 0.6 is 0 Å². The molecule has 0 radical (unpaired) electrons. The zero-order valence-electron chi connectivity index (χ0n) is 11.3. The Balaban J connectivity index is 1.59. The van der Waals surface area contributed by atoms with Crippen LogP contribution in [0, 0.1) is 0 Å². The fourth-order valence-electron chi connectivity index (χ4n) is 1.96. The molecule has 2 N–H and O–H groups in total. The molecule has 0 fully saturated rings. The molecule has 106 valence electrons. The molecule has 2 rings (SSSR count). The van der Waals surface area contributed by atoms with E-state index in [0.29, 0.717) is 5.56 Å². The highest BCUT2D eigenvalue weighted by molar-refractivity contribution is 5.87. The number of aromatic nitrogens is 2. The Kier molecular flexibility index (Phi) is 5.32. The molecule has 0 amide bonds. The molecule has 1 aromatic heterocycles. The minimum absolute atomic E-state index is 0.328. The van der Waals surface area contributed by atoms with E-state index in [1.807, 2.05) is 24.7 Å². The molecule has 1 heterocycles. The van der Waals surface area contributed by atoms with Crippen LogP contribution in [-0.2, 0) is 13.1 Å². The number of unbranched alkanes of at least 4 members (excludes halogenated alkanes) is 1. The SMILES string of the molecule is O=C(O)c1ccc(CNCCCCn2ccnc2)cc1. The Morgan fingerprint density at radius 3 is 2.70 bits per heavy atom. The summed E-state index contributed by atoms with van der Waals surface area (Å²) in [5.41, 5.74) is 1.43. The summed E-state index contributed by atoms with van der Waals surface area (Å²) in [6.07, 6.45) is 7.81. The first-order valence-electron chi connectivity index (χ1n) is 6.74. The van der Waals surface area contributed by atoms with Crippen molar-refractivity contribution in [2.24, 2.45) is 0 Å². The summed E-state index contributed by atoms with van der Waals surface area (Å²) < 4.78 is 2.07. The van der Waals surface area contributed by atoms with Gasteiger partial charge in [-0.05, 0) is 37.1 Å². The number of hydrogen-bond acceptors (Lipinski definition) is 3. The Bertz CT molecular complexity index is 521. The third kappa shape index (κ3) is 4.51. The van der Waals surface area contributed by atoms with Gasteiger partial charge in [0.05, 0.1) is 11.9 Å². The number of hydrogen-bond donors (Lipinski definition) is 2. The van der Waals surface area contributed by atoms with Crippen LogP contribution in [0.2, 0.25) is 0 Å². The lowest BCUT2D eigenvalue weighted by Crippen LogP contribution is -2.15. The van der Waals surface area contributed by atoms with Crippen molar-refractivity contribution in [3.05, 3.63) is 54.1 Å². The maximum absolute atomic E-state index is 10.7. The highest BCUT2D eigenvalue weighted by Gasteiger charge is 2.01. The topological polar surface area (TPSA) is 67.2 Å². The Morgan fingerprint density at radius 1 is 1.25 bits per heavy atom. The Hall–Kier alpha value is -2.14. The lowest BCUT2D eigenvalue weighted by atomic mass is 10.1. The van der Waals surface area contributed by atoms with Crippen molar-refractivity contribution in [1.29, 1.82) is 0 Å². The molecule has 0 saturated heterocycles. The van der Waals surface area contributed by atoms with Gasteiger partial charge in [-0.2, -0.15) is 0 Å². The maximum atomic E-state index is 10.7. The fourth-order valence-corrected chi connectivity index (χ4v) is 1.96. The monoisotopic (exact) mass is 273 g/mol. The number of imidazole rings is 1. The summed E-state index contributed by atoms with van der Waals surface area (Å²) in [4.78, 5) is 14.7. The van der Waals surface area contributed by atoms with E-state index in [0.717, 1.165) is 38.0 Å². The van der Waals surface area contributed by atoms with E-state index < -0.39 is 5.97 Å². The third-order valence-electron chi connectivity index (χ3n) is 3.11. The second kappa shape index (κ2) is 7.45. The molecule has 0 atom stereocenters. The molecule has 2 aromatic rings. The van der Waals surface area contributed by atoms with Crippen molar-refractivity contribution < 1.29 is 9.90 Å². The van der Waals surface area contributed by atoms with Crippen LogP contribution in [0.25, 0.3) is 0 Å². The quantitative estimate of drug-likeness (QED) is 0.723. The van der Waals surface area contributed by atoms with Gasteiger partial charge in [-0.3, -0.25) is 0 Å². The van der Waals surface area contributed by atoms with Gasteiger partial charge in [0.1, 0.15) is 0 Å². The lowest BCUT2D eigenvalue weighted by molar-refractivity contribution is 0.0697. The van der Waals surface area contributed by atoms with Gasteiger partial charge in [0.2, 0.25) is 0 Å². The predicted octanol–water partition coefficient (Wildman–Crippen LogP) is 2.15. The lowest BCUT2D eigenvalue weighted by Gasteiger charge is -2.06. The van der Waals surface area contributed by atoms with E-state index in [1.165, 1.54) is 0 Å². The van der Waals surface area contributed by atoms with Crippen molar-refractivity contribution in [3.63, 3.8) is 0 Å². The van der Waals surface area contributed by atoms with Crippen LogP contribution in [0.15, 0.2) is 43.0 Å². The molecule has 0 unspecified atom stereocenters. The first kappa shape index (κ1) is 14.3. The molecule has 0 bridgehead atoms. The second-order valence-corrected chi connectivity index (χ2v) is 4.69. The number of nitrogens with one attached hydrogen (secondary N) is 1. The summed E-state index contributed by atoms with van der Waals surface area (Å²) in [7, 11) is 0. The Labute approximate surface area is 118 Å². The smallest absolute Gasteiger partial charge is 0.335 e. The normalized spacial score (nSPS) is 10.6. The summed E-state index contributed by atoms with van der Waals surface area (Å²) in [6, 6.07) is 6.97. The average molecular weight is 273 g/mol. The van der Waals surface area contributed by atoms with E-state index in [-0.39, 0.29) is 0 Å². The van der Waals surface area contributed by atoms with E-state index in [2.05, 4.69) is 14.9 Å². The number of carboxylic acid groups (broad SMARTS) is 1. The van der Waals surface area contributed by atoms with Gasteiger partial charge in [0.25, 0.3) is 0 Å². The number of benzene rings is 1. The van der Waals surface area contributed by atoms with Gasteiger partial charge >= 0.3 is 5.97 Å². The van der Waals surface area contributed by atoms with Gasteiger partial charge in [-0.25, -0.2) is 9.78 Å². The molecule has 0 spiro atoms. The summed E-state index contributed by atoms with van der Waals surface area (Å²) in [5, 5.41) is 12.2. The van der Waals surface area contributed by atoms with Gasteiger partial charge in [0.15, 0.2) is 0 Å². The van der Waals surface area contributed by atoms with Gasteiger partial charge in [0, 0.05) is 25.5 Å². The standard InChI is InChI=1S/C15H19N3O2/c19-15(20)14-5-3-13(4-6-14)11-16-7-1-2-9-18-10-8-17-12-18/h3-6,8,10,12,16H,1-2,7,9,11H2,(H,19,20). The molecular weight excluding hydrogens is 254 g/mol. The first-order valence-corrected chi connectivity index (χ1v) is 6.74. The van der Waals surface area contributed by atoms with Crippen LogP contribution in [0.3, 0.4) is 0 Å². The largest absolute Gasteiger partial charge is 0.478 e. The average Bonchev–Trinajstić information content (AvgIpc) is 2.96. The first-order chi connectivity index (χ1) is 9.75. The highest BCUT2D eigenvalue weighted by atomic mass is 16.4. The number of nitrogens with zero attached hydrogens (tertiary/aromatic N) is 2. The third-order valence-corrected chi connectivity index (χ3v) is 3.11. The Morgan fingerprint density at radius 2 is 2.05 bits per heavy atom. The van der Waals surface area contributed by atoms with Crippen LogP contribution in [0.5, 0.6) is 0 Å². The van der Waals surface area contributed by atoms with E-state index in [4.69, 9.17) is 5.11 Å². The summed E-state index contributed by atoms with van der Waals surface area (Å²) >= 11 is 0. The van der Waals surface area contributed by atoms with E-state index >= 15 is 0 Å². The van der Waals surface area contributed by atoms with Crippen LogP contribution in [-0.4, -0.2) is 27.2 Å². The number of carbonyl (C=O) groups is 1. The van der Waals surface area contributed by atoms with Gasteiger partial charge in [-0.1, -0.05) is 12.1 Å². The molecule has 0 aliphatic heterocycles. The molecule has 0 aliphatic carbocycles. The molecule has 0 aliphatic rings. The molecule has 20 heavy (non-hydrogen) atoms. The van der Waals surface area contributed by atoms with Crippen molar-refractivity contribution in [2.75, 3.05) is 6.54 Å². The fraction of sp³-hybridized carbons (Fsp3) is 0.333. The van der Waals surface area contributed by atoms with Crippen molar-refractivity contribution in [1.82, 2.24) is 14.9 Å². The molecular formula is C15H19N3O2. The van der Waals surface area contributed by atoms with Gasteiger partial charge in [-0.15, -0.1) is 0 Å². The molecule has 1 aromatic carbocycles. The second-order valence-electron chi connectivity index (χ2n) is 4.69. The number of carboxylic acids is 1. The van der Waals surface area contributed by atoms with E-state index in [9.17, 15) is 4.79 Å². The van der Waals surface area contributed by atoms with Crippen molar-refractivity contribution in [3.8, 4) is 0 Å². The molecule has 5 heteroatoms. The van der Waals surface area contributed by atoms with Crippen molar-refractivity contribution >= 4 is 5.97 Å². The molecule has 5 nitrogen and oxygen atoms in total. The summed E-state index contributed by atoms with van der Waals surface area (Å²) in [6.45, 7) is 2.72.